The fraction of sp³-hybridized carbons (Fsp3) is 0.692. The molecule has 1 aromatic rings. The summed E-state index contributed by atoms with van der Waals surface area (Å²) in [4.78, 5) is 6.70. The smallest absolute Gasteiger partial charge is 0.0701 e. The molecule has 1 unspecified atom stereocenters. The lowest BCUT2D eigenvalue weighted by Gasteiger charge is -2.49. The molecule has 5 heteroatoms. The largest absolute Gasteiger partial charge is 0.314 e. The van der Waals surface area contributed by atoms with Crippen molar-refractivity contribution in [2.75, 3.05) is 39.3 Å². The van der Waals surface area contributed by atoms with Crippen LogP contribution in [0.25, 0.3) is 0 Å². The van der Waals surface area contributed by atoms with E-state index in [-0.39, 0.29) is 0 Å². The molecule has 0 saturated carbocycles. The van der Waals surface area contributed by atoms with Gasteiger partial charge in [-0.15, -0.1) is 11.3 Å². The van der Waals surface area contributed by atoms with Crippen LogP contribution < -0.4 is 5.32 Å². The van der Waals surface area contributed by atoms with Crippen molar-refractivity contribution in [3.63, 3.8) is 0 Å². The van der Waals surface area contributed by atoms with Crippen molar-refractivity contribution < 1.29 is 0 Å². The van der Waals surface area contributed by atoms with Gasteiger partial charge in [-0.05, 0) is 35.0 Å². The molecule has 0 radical (unpaired) electrons. The van der Waals surface area contributed by atoms with Crippen molar-refractivity contribution >= 4 is 27.3 Å². The first kappa shape index (κ1) is 13.1. The van der Waals surface area contributed by atoms with Crippen LogP contribution in [-0.4, -0.2) is 55.1 Å². The third kappa shape index (κ3) is 2.65. The highest BCUT2D eigenvalue weighted by atomic mass is 79.9. The lowest BCUT2D eigenvalue weighted by atomic mass is 10.0. The minimum atomic E-state index is 0.570. The fourth-order valence-corrected chi connectivity index (χ4v) is 4.32. The van der Waals surface area contributed by atoms with Crippen LogP contribution in [0.15, 0.2) is 15.9 Å². The molecule has 3 nitrogen and oxygen atoms in total. The van der Waals surface area contributed by atoms with Gasteiger partial charge in [-0.2, -0.15) is 0 Å². The molecule has 0 aromatic carbocycles. The number of piperazine rings is 1. The summed E-state index contributed by atoms with van der Waals surface area (Å²) in [5.41, 5.74) is 0. The molecule has 2 fully saturated rings. The Morgan fingerprint density at radius 3 is 2.67 bits per heavy atom. The predicted molar refractivity (Wildman–Crippen MR) is 80.2 cm³/mol. The molecule has 2 aliphatic rings. The Hall–Kier alpha value is 0.0600. The molecule has 3 rings (SSSR count). The summed E-state index contributed by atoms with van der Waals surface area (Å²) in [6.07, 6.45) is 0. The highest BCUT2D eigenvalue weighted by Gasteiger charge is 2.35. The van der Waals surface area contributed by atoms with E-state index in [4.69, 9.17) is 0 Å². The van der Waals surface area contributed by atoms with E-state index in [1.807, 2.05) is 11.3 Å². The maximum Gasteiger partial charge on any atom is 0.0701 e. The third-order valence-electron chi connectivity index (χ3n) is 4.11. The fourth-order valence-electron chi connectivity index (χ4n) is 2.82. The number of halogens is 1. The number of thiophene rings is 1. The minimum absolute atomic E-state index is 0.570. The number of rotatable bonds is 3. The molecule has 0 amide bonds. The van der Waals surface area contributed by atoms with Crippen LogP contribution in [0.3, 0.4) is 0 Å². The summed E-state index contributed by atoms with van der Waals surface area (Å²) >= 11 is 5.41. The zero-order valence-corrected chi connectivity index (χ0v) is 13.1. The minimum Gasteiger partial charge on any atom is -0.314 e. The van der Waals surface area contributed by atoms with Gasteiger partial charge in [0.1, 0.15) is 0 Å². The second-order valence-electron chi connectivity index (χ2n) is 5.21. The Morgan fingerprint density at radius 1 is 1.33 bits per heavy atom. The van der Waals surface area contributed by atoms with Gasteiger partial charge in [0.05, 0.1) is 3.79 Å². The van der Waals surface area contributed by atoms with Crippen molar-refractivity contribution in [2.24, 2.45) is 0 Å². The Balaban J connectivity index is 1.52. The molecule has 0 aliphatic carbocycles. The molecule has 3 heterocycles. The summed E-state index contributed by atoms with van der Waals surface area (Å²) in [6.45, 7) is 9.54. The Bertz CT molecular complexity index is 397. The lowest BCUT2D eigenvalue weighted by molar-refractivity contribution is 0.00432. The average Bonchev–Trinajstić information content (AvgIpc) is 2.75. The standard InChI is InChI=1S/C13H20BrN3S/c1-10(12-2-3-13(14)18-12)17-8-11(9-17)16-6-4-15-5-7-16/h2-3,10-11,15H,4-9H2,1H3. The van der Waals surface area contributed by atoms with Crippen LogP contribution in [-0.2, 0) is 0 Å². The zero-order valence-electron chi connectivity index (χ0n) is 10.7. The SMILES string of the molecule is CC(c1ccc(Br)s1)N1CC(N2CCNCC2)C1. The number of nitrogens with one attached hydrogen (secondary N) is 1. The van der Waals surface area contributed by atoms with Gasteiger partial charge >= 0.3 is 0 Å². The van der Waals surface area contributed by atoms with Crippen molar-refractivity contribution in [1.29, 1.82) is 0 Å². The molecule has 100 valence electrons. The highest BCUT2D eigenvalue weighted by molar-refractivity contribution is 9.11. The van der Waals surface area contributed by atoms with E-state index in [0.29, 0.717) is 6.04 Å². The molecule has 0 bridgehead atoms. The van der Waals surface area contributed by atoms with E-state index in [9.17, 15) is 0 Å². The van der Waals surface area contributed by atoms with Gasteiger partial charge in [0.15, 0.2) is 0 Å². The van der Waals surface area contributed by atoms with Crippen molar-refractivity contribution in [3.8, 4) is 0 Å². The summed E-state index contributed by atoms with van der Waals surface area (Å²) in [7, 11) is 0. The van der Waals surface area contributed by atoms with E-state index >= 15 is 0 Å². The van der Waals surface area contributed by atoms with E-state index in [0.717, 1.165) is 19.1 Å². The third-order valence-corrected chi connectivity index (χ3v) is 5.91. The Morgan fingerprint density at radius 2 is 2.06 bits per heavy atom. The summed E-state index contributed by atoms with van der Waals surface area (Å²) in [5.74, 6) is 0. The number of hydrogen-bond acceptors (Lipinski definition) is 4. The molecule has 0 spiro atoms. The zero-order chi connectivity index (χ0) is 12.5. The van der Waals surface area contributed by atoms with Crippen molar-refractivity contribution in [2.45, 2.75) is 19.0 Å². The average molecular weight is 330 g/mol. The van der Waals surface area contributed by atoms with Crippen molar-refractivity contribution in [1.82, 2.24) is 15.1 Å². The quantitative estimate of drug-likeness (QED) is 0.916. The first-order valence-electron chi connectivity index (χ1n) is 6.68. The molecule has 1 atom stereocenters. The van der Waals surface area contributed by atoms with E-state index in [2.05, 4.69) is 50.1 Å². The predicted octanol–water partition coefficient (Wildman–Crippen LogP) is 2.16. The first-order chi connectivity index (χ1) is 8.74. The number of hydrogen-bond donors (Lipinski definition) is 1. The van der Waals surface area contributed by atoms with Crippen LogP contribution in [0, 0.1) is 0 Å². The summed E-state index contributed by atoms with van der Waals surface area (Å²) in [6, 6.07) is 5.76. The Labute approximate surface area is 121 Å². The van der Waals surface area contributed by atoms with Crippen LogP contribution >= 0.6 is 27.3 Å². The van der Waals surface area contributed by atoms with Crippen LogP contribution in [0.2, 0.25) is 0 Å². The first-order valence-corrected chi connectivity index (χ1v) is 8.29. The highest BCUT2D eigenvalue weighted by Crippen LogP contribution is 2.33. The van der Waals surface area contributed by atoms with E-state index in [1.54, 1.807) is 0 Å². The maximum absolute atomic E-state index is 3.55. The summed E-state index contributed by atoms with van der Waals surface area (Å²) in [5, 5.41) is 3.42. The monoisotopic (exact) mass is 329 g/mol. The van der Waals surface area contributed by atoms with Gasteiger partial charge < -0.3 is 5.32 Å². The van der Waals surface area contributed by atoms with E-state index in [1.165, 1.54) is 34.8 Å². The molecular formula is C13H20BrN3S. The van der Waals surface area contributed by atoms with Crippen LogP contribution in [0.5, 0.6) is 0 Å². The van der Waals surface area contributed by atoms with Gasteiger partial charge in [0.25, 0.3) is 0 Å². The molecule has 1 N–H and O–H groups in total. The van der Waals surface area contributed by atoms with E-state index < -0.39 is 0 Å². The van der Waals surface area contributed by atoms with Gasteiger partial charge in [0, 0.05) is 56.2 Å². The molecule has 2 saturated heterocycles. The second-order valence-corrected chi connectivity index (χ2v) is 7.71. The van der Waals surface area contributed by atoms with Gasteiger partial charge in [-0.1, -0.05) is 0 Å². The van der Waals surface area contributed by atoms with Crippen molar-refractivity contribution in [3.05, 3.63) is 20.8 Å². The van der Waals surface area contributed by atoms with Crippen LogP contribution in [0.4, 0.5) is 0 Å². The van der Waals surface area contributed by atoms with Gasteiger partial charge in [0.2, 0.25) is 0 Å². The maximum atomic E-state index is 3.55. The topological polar surface area (TPSA) is 18.5 Å². The molecule has 2 aliphatic heterocycles. The second kappa shape index (κ2) is 5.59. The Kier molecular flexibility index (Phi) is 4.06. The van der Waals surface area contributed by atoms with Gasteiger partial charge in [-0.3, -0.25) is 9.80 Å². The number of likely N-dealkylation sites (tertiary alicyclic amines) is 1. The molecule has 18 heavy (non-hydrogen) atoms. The van der Waals surface area contributed by atoms with Gasteiger partial charge in [-0.25, -0.2) is 0 Å². The number of nitrogens with zero attached hydrogens (tertiary/aromatic N) is 2. The lowest BCUT2D eigenvalue weighted by Crippen LogP contribution is -2.62. The summed E-state index contributed by atoms with van der Waals surface area (Å²) < 4.78 is 1.24. The molecular weight excluding hydrogens is 310 g/mol. The molecule has 1 aromatic heterocycles. The normalized spacial score (nSPS) is 25.0. The van der Waals surface area contributed by atoms with Crippen LogP contribution in [0.1, 0.15) is 17.8 Å².